The third-order valence-electron chi connectivity index (χ3n) is 2.80. The first-order valence-corrected chi connectivity index (χ1v) is 6.37. The van der Waals surface area contributed by atoms with Gasteiger partial charge in [-0.05, 0) is 19.1 Å². The van der Waals surface area contributed by atoms with Crippen LogP contribution < -0.4 is 5.32 Å². The summed E-state index contributed by atoms with van der Waals surface area (Å²) < 4.78 is 43.0. The fourth-order valence-electron chi connectivity index (χ4n) is 1.57. The van der Waals surface area contributed by atoms with Gasteiger partial charge in [0.2, 0.25) is 0 Å². The molecule has 1 atom stereocenters. The van der Waals surface area contributed by atoms with Gasteiger partial charge >= 0.3 is 12.1 Å². The molecule has 1 amide bonds. The van der Waals surface area contributed by atoms with E-state index in [1.807, 2.05) is 5.32 Å². The summed E-state index contributed by atoms with van der Waals surface area (Å²) in [5, 5.41) is 22.5. The molecule has 132 valence electrons. The average molecular weight is 350 g/mol. The van der Waals surface area contributed by atoms with E-state index in [0.717, 1.165) is 19.9 Å². The standard InChI is InChI=1S/C13H13F3N2O6/c1-7(19)24-6-12(2,21)11(20)17-8-3-4-10(18(22)23)9(5-8)13(14,15)16/h3-5,21H,6H2,1-2H3,(H,17,20). The van der Waals surface area contributed by atoms with Crippen molar-refractivity contribution in [1.29, 1.82) is 0 Å². The minimum atomic E-state index is -5.01. The number of nitrogens with zero attached hydrogens (tertiary/aromatic N) is 1. The van der Waals surface area contributed by atoms with Gasteiger partial charge in [-0.15, -0.1) is 0 Å². The monoisotopic (exact) mass is 350 g/mol. The van der Waals surface area contributed by atoms with Crippen molar-refractivity contribution in [2.45, 2.75) is 25.6 Å². The van der Waals surface area contributed by atoms with Gasteiger partial charge in [0.15, 0.2) is 5.60 Å². The van der Waals surface area contributed by atoms with Crippen molar-refractivity contribution in [2.24, 2.45) is 0 Å². The zero-order valence-electron chi connectivity index (χ0n) is 12.5. The summed E-state index contributed by atoms with van der Waals surface area (Å²) in [6.07, 6.45) is -5.01. The third kappa shape index (κ3) is 4.91. The van der Waals surface area contributed by atoms with Gasteiger partial charge in [-0.1, -0.05) is 0 Å². The molecule has 0 aromatic heterocycles. The fraction of sp³-hybridized carbons (Fsp3) is 0.385. The summed E-state index contributed by atoms with van der Waals surface area (Å²) in [5.74, 6) is -1.91. The second kappa shape index (κ2) is 6.83. The first-order chi connectivity index (χ1) is 10.8. The minimum absolute atomic E-state index is 0.373. The van der Waals surface area contributed by atoms with Crippen molar-refractivity contribution in [3.63, 3.8) is 0 Å². The lowest BCUT2D eigenvalue weighted by molar-refractivity contribution is -0.388. The van der Waals surface area contributed by atoms with Gasteiger partial charge in [0.05, 0.1) is 4.92 Å². The number of nitro groups is 1. The van der Waals surface area contributed by atoms with Crippen molar-refractivity contribution in [3.05, 3.63) is 33.9 Å². The molecule has 0 aliphatic rings. The summed E-state index contributed by atoms with van der Waals surface area (Å²) in [4.78, 5) is 32.0. The number of esters is 1. The largest absolute Gasteiger partial charge is 0.462 e. The van der Waals surface area contributed by atoms with Crippen LogP contribution in [0.25, 0.3) is 0 Å². The van der Waals surface area contributed by atoms with Gasteiger partial charge in [-0.25, -0.2) is 0 Å². The van der Waals surface area contributed by atoms with Crippen LogP contribution in [-0.4, -0.2) is 34.1 Å². The van der Waals surface area contributed by atoms with Crippen molar-refractivity contribution >= 4 is 23.3 Å². The Morgan fingerprint density at radius 3 is 2.42 bits per heavy atom. The Labute approximate surface area is 133 Å². The van der Waals surface area contributed by atoms with Gasteiger partial charge in [0.1, 0.15) is 12.2 Å². The number of alkyl halides is 3. The maximum atomic E-state index is 12.8. The molecule has 1 aromatic rings. The van der Waals surface area contributed by atoms with Gasteiger partial charge < -0.3 is 15.2 Å². The van der Waals surface area contributed by atoms with Crippen molar-refractivity contribution in [2.75, 3.05) is 11.9 Å². The molecule has 8 nitrogen and oxygen atoms in total. The molecule has 0 heterocycles. The molecule has 0 radical (unpaired) electrons. The molecule has 0 spiro atoms. The number of anilines is 1. The number of rotatable bonds is 5. The molecule has 24 heavy (non-hydrogen) atoms. The van der Waals surface area contributed by atoms with Crippen LogP contribution in [0.1, 0.15) is 19.4 Å². The van der Waals surface area contributed by atoms with Crippen LogP contribution in [0.15, 0.2) is 18.2 Å². The molecular weight excluding hydrogens is 337 g/mol. The molecule has 0 saturated carbocycles. The second-order valence-corrected chi connectivity index (χ2v) is 5.00. The molecule has 0 aliphatic heterocycles. The number of carbonyl (C=O) groups excluding carboxylic acids is 2. The number of benzene rings is 1. The highest BCUT2D eigenvalue weighted by Crippen LogP contribution is 2.37. The number of nitro benzene ring substituents is 1. The summed E-state index contributed by atoms with van der Waals surface area (Å²) >= 11 is 0. The van der Waals surface area contributed by atoms with E-state index in [1.54, 1.807) is 0 Å². The summed E-state index contributed by atoms with van der Waals surface area (Å²) in [6, 6.07) is 1.84. The highest BCUT2D eigenvalue weighted by atomic mass is 19.4. The van der Waals surface area contributed by atoms with Gasteiger partial charge in [0.25, 0.3) is 11.6 Å². The molecule has 1 rings (SSSR count). The van der Waals surface area contributed by atoms with E-state index in [4.69, 9.17) is 0 Å². The van der Waals surface area contributed by atoms with Crippen LogP contribution in [0, 0.1) is 10.1 Å². The highest BCUT2D eigenvalue weighted by Gasteiger charge is 2.39. The van der Waals surface area contributed by atoms with Crippen molar-refractivity contribution in [1.82, 2.24) is 0 Å². The van der Waals surface area contributed by atoms with Crippen LogP contribution >= 0.6 is 0 Å². The molecule has 2 N–H and O–H groups in total. The number of ether oxygens (including phenoxy) is 1. The number of nitrogens with one attached hydrogen (secondary N) is 1. The molecule has 0 aliphatic carbocycles. The quantitative estimate of drug-likeness (QED) is 0.475. The lowest BCUT2D eigenvalue weighted by atomic mass is 10.1. The normalized spacial score (nSPS) is 13.8. The van der Waals surface area contributed by atoms with Gasteiger partial charge in [-0.3, -0.25) is 19.7 Å². The minimum Gasteiger partial charge on any atom is -0.462 e. The molecule has 1 aromatic carbocycles. The molecule has 0 fully saturated rings. The second-order valence-electron chi connectivity index (χ2n) is 5.00. The van der Waals surface area contributed by atoms with Gasteiger partial charge in [-0.2, -0.15) is 13.2 Å². The predicted octanol–water partition coefficient (Wildman–Crippen LogP) is 1.87. The van der Waals surface area contributed by atoms with Crippen LogP contribution in [-0.2, 0) is 20.5 Å². The maximum Gasteiger partial charge on any atom is 0.423 e. The van der Waals surface area contributed by atoms with Crippen molar-refractivity contribution in [3.8, 4) is 0 Å². The van der Waals surface area contributed by atoms with Crippen LogP contribution in [0.4, 0.5) is 24.5 Å². The first-order valence-electron chi connectivity index (χ1n) is 6.37. The lowest BCUT2D eigenvalue weighted by Crippen LogP contribution is -2.44. The fourth-order valence-corrected chi connectivity index (χ4v) is 1.57. The van der Waals surface area contributed by atoms with Crippen LogP contribution in [0.2, 0.25) is 0 Å². The Morgan fingerprint density at radius 1 is 1.38 bits per heavy atom. The number of aliphatic hydroxyl groups is 1. The zero-order chi connectivity index (χ0) is 18.7. The molecular formula is C13H13F3N2O6. The Balaban J connectivity index is 3.06. The topological polar surface area (TPSA) is 119 Å². The summed E-state index contributed by atoms with van der Waals surface area (Å²) in [6.45, 7) is 1.31. The Hall–Kier alpha value is -2.69. The number of carbonyl (C=O) groups is 2. The maximum absolute atomic E-state index is 12.8. The van der Waals surface area contributed by atoms with E-state index in [2.05, 4.69) is 4.74 Å². The highest BCUT2D eigenvalue weighted by molar-refractivity contribution is 5.97. The van der Waals surface area contributed by atoms with E-state index in [-0.39, 0.29) is 0 Å². The molecule has 0 bridgehead atoms. The summed E-state index contributed by atoms with van der Waals surface area (Å²) in [5.41, 5.74) is -5.34. The van der Waals surface area contributed by atoms with Gasteiger partial charge in [0, 0.05) is 18.7 Å². The Kier molecular flexibility index (Phi) is 5.50. The zero-order valence-corrected chi connectivity index (χ0v) is 12.5. The number of hydrogen-bond donors (Lipinski definition) is 2. The smallest absolute Gasteiger partial charge is 0.423 e. The summed E-state index contributed by atoms with van der Waals surface area (Å²) in [7, 11) is 0. The number of halogens is 3. The van der Waals surface area contributed by atoms with Crippen LogP contribution in [0.3, 0.4) is 0 Å². The van der Waals surface area contributed by atoms with E-state index in [0.29, 0.717) is 12.1 Å². The lowest BCUT2D eigenvalue weighted by Gasteiger charge is -2.21. The Morgan fingerprint density at radius 2 is 1.96 bits per heavy atom. The molecule has 1 unspecified atom stereocenters. The van der Waals surface area contributed by atoms with E-state index >= 15 is 0 Å². The van der Waals surface area contributed by atoms with E-state index < -0.39 is 52.1 Å². The SMILES string of the molecule is CC(=O)OCC(C)(O)C(=O)Nc1ccc([N+](=O)[O-])c(C(F)(F)F)c1. The first kappa shape index (κ1) is 19.4. The van der Waals surface area contributed by atoms with E-state index in [1.165, 1.54) is 0 Å². The molecule has 11 heteroatoms. The average Bonchev–Trinajstić information content (AvgIpc) is 2.44. The number of hydrogen-bond acceptors (Lipinski definition) is 6. The van der Waals surface area contributed by atoms with Crippen molar-refractivity contribution < 1.29 is 37.5 Å². The third-order valence-corrected chi connectivity index (χ3v) is 2.80. The molecule has 0 saturated heterocycles. The Bertz CT molecular complexity index is 672. The van der Waals surface area contributed by atoms with E-state index in [9.17, 15) is 38.0 Å². The number of amides is 1. The predicted molar refractivity (Wildman–Crippen MR) is 74.0 cm³/mol. The van der Waals surface area contributed by atoms with Crippen LogP contribution in [0.5, 0.6) is 0 Å².